The molecular formula is C15H14N2O4S. The highest BCUT2D eigenvalue weighted by Crippen LogP contribution is 2.17. The zero-order chi connectivity index (χ0) is 16.2. The Bertz CT molecular complexity index is 814. The highest BCUT2D eigenvalue weighted by Gasteiger charge is 2.26. The summed E-state index contributed by atoms with van der Waals surface area (Å²) in [7, 11) is -4.01. The van der Waals surface area contributed by atoms with Crippen molar-refractivity contribution < 1.29 is 18.3 Å². The van der Waals surface area contributed by atoms with Crippen molar-refractivity contribution in [2.75, 3.05) is 5.43 Å². The lowest BCUT2D eigenvalue weighted by molar-refractivity contribution is -0.110. The first-order valence-corrected chi connectivity index (χ1v) is 7.83. The van der Waals surface area contributed by atoms with Gasteiger partial charge in [0, 0.05) is 13.0 Å². The summed E-state index contributed by atoms with van der Waals surface area (Å²) in [6, 6.07) is 13.5. The fourth-order valence-corrected chi connectivity index (χ4v) is 3.01. The van der Waals surface area contributed by atoms with Crippen molar-refractivity contribution >= 4 is 26.4 Å². The van der Waals surface area contributed by atoms with Crippen LogP contribution in [0.2, 0.25) is 0 Å². The summed E-state index contributed by atoms with van der Waals surface area (Å²) in [5.74, 6) is -0.688. The Kier molecular flexibility index (Phi) is 4.57. The highest BCUT2D eigenvalue weighted by molar-refractivity contribution is 8.08. The molecule has 0 amide bonds. The zero-order valence-corrected chi connectivity index (χ0v) is 12.5. The molecule has 7 heteroatoms. The largest absolute Gasteiger partial charge is 0.508 e. The van der Waals surface area contributed by atoms with Crippen LogP contribution in [0.3, 0.4) is 0 Å². The smallest absolute Gasteiger partial charge is 0.229 e. The number of nitrogens with zero attached hydrogens (tertiary/aromatic N) is 1. The van der Waals surface area contributed by atoms with E-state index < -0.39 is 20.7 Å². The van der Waals surface area contributed by atoms with Crippen molar-refractivity contribution in [1.82, 2.24) is 0 Å². The topological polar surface area (TPSA) is 95.8 Å². The molecule has 0 aromatic heterocycles. The number of rotatable bonds is 4. The number of phenolic OH excluding ortho intramolecular Hbond substituents is 1. The van der Waals surface area contributed by atoms with Crippen molar-refractivity contribution in [3.8, 4) is 5.75 Å². The monoisotopic (exact) mass is 318 g/mol. The molecule has 0 saturated carbocycles. The molecule has 0 spiro atoms. The van der Waals surface area contributed by atoms with E-state index in [0.717, 1.165) is 6.92 Å². The number of benzene rings is 2. The van der Waals surface area contributed by atoms with Gasteiger partial charge in [0.25, 0.3) is 0 Å². The Labute approximate surface area is 128 Å². The van der Waals surface area contributed by atoms with E-state index in [0.29, 0.717) is 5.69 Å². The normalized spacial score (nSPS) is 12.0. The lowest BCUT2D eigenvalue weighted by Crippen LogP contribution is -2.23. The fourth-order valence-electron chi connectivity index (χ4n) is 1.73. The molecule has 0 heterocycles. The number of carbonyl (C=O) groups excluding carboxylic acids is 1. The van der Waals surface area contributed by atoms with Gasteiger partial charge in [0.05, 0.1) is 10.6 Å². The summed E-state index contributed by atoms with van der Waals surface area (Å²) in [5.41, 5.74) is 2.83. The van der Waals surface area contributed by atoms with Crippen molar-refractivity contribution in [2.24, 2.45) is 5.10 Å². The van der Waals surface area contributed by atoms with E-state index in [9.17, 15) is 18.3 Å². The molecule has 0 unspecified atom stereocenters. The SMILES string of the molecule is CC(=O)C(=NNc1cccc(O)c1)S(=O)(=O)c1ccccc1. The number of carbonyl (C=O) groups is 1. The van der Waals surface area contributed by atoms with Crippen LogP contribution < -0.4 is 5.43 Å². The van der Waals surface area contributed by atoms with Gasteiger partial charge in [-0.2, -0.15) is 5.10 Å². The maximum absolute atomic E-state index is 12.4. The minimum atomic E-state index is -4.01. The van der Waals surface area contributed by atoms with E-state index in [1.165, 1.54) is 24.3 Å². The molecule has 2 rings (SSSR count). The molecule has 0 fully saturated rings. The number of aromatic hydroxyl groups is 1. The van der Waals surface area contributed by atoms with Crippen LogP contribution in [0.4, 0.5) is 5.69 Å². The average molecular weight is 318 g/mol. The molecule has 2 aromatic rings. The van der Waals surface area contributed by atoms with Crippen LogP contribution in [-0.4, -0.2) is 24.4 Å². The van der Waals surface area contributed by atoms with Crippen LogP contribution in [0.15, 0.2) is 64.6 Å². The predicted molar refractivity (Wildman–Crippen MR) is 83.5 cm³/mol. The molecule has 0 saturated heterocycles. The third-order valence-corrected chi connectivity index (χ3v) is 4.52. The first-order chi connectivity index (χ1) is 10.4. The third-order valence-electron chi connectivity index (χ3n) is 2.74. The van der Waals surface area contributed by atoms with E-state index in [1.54, 1.807) is 30.3 Å². The van der Waals surface area contributed by atoms with Gasteiger partial charge in [0.2, 0.25) is 14.9 Å². The Morgan fingerprint density at radius 3 is 2.36 bits per heavy atom. The summed E-state index contributed by atoms with van der Waals surface area (Å²) < 4.78 is 24.8. The van der Waals surface area contributed by atoms with E-state index in [2.05, 4.69) is 10.5 Å². The van der Waals surface area contributed by atoms with Crippen molar-refractivity contribution in [1.29, 1.82) is 0 Å². The van der Waals surface area contributed by atoms with E-state index in [-0.39, 0.29) is 10.6 Å². The van der Waals surface area contributed by atoms with Gasteiger partial charge < -0.3 is 5.11 Å². The van der Waals surface area contributed by atoms with Crippen molar-refractivity contribution in [3.63, 3.8) is 0 Å². The molecule has 0 atom stereocenters. The lowest BCUT2D eigenvalue weighted by Gasteiger charge is -2.06. The number of anilines is 1. The second kappa shape index (κ2) is 6.40. The molecular weight excluding hydrogens is 304 g/mol. The molecule has 2 N–H and O–H groups in total. The van der Waals surface area contributed by atoms with Gasteiger partial charge in [0.15, 0.2) is 5.78 Å². The molecule has 0 aliphatic rings. The number of phenols is 1. The molecule has 22 heavy (non-hydrogen) atoms. The number of nitrogens with one attached hydrogen (secondary N) is 1. The van der Waals surface area contributed by atoms with Crippen LogP contribution >= 0.6 is 0 Å². The summed E-state index contributed by atoms with van der Waals surface area (Å²) in [5, 5.41) is 12.5. The van der Waals surface area contributed by atoms with Gasteiger partial charge in [-0.1, -0.05) is 24.3 Å². The zero-order valence-electron chi connectivity index (χ0n) is 11.7. The molecule has 0 aliphatic carbocycles. The second-order valence-corrected chi connectivity index (χ2v) is 6.32. The predicted octanol–water partition coefficient (Wildman–Crippen LogP) is 2.18. The van der Waals surface area contributed by atoms with Crippen LogP contribution in [0.5, 0.6) is 5.75 Å². The molecule has 0 bridgehead atoms. The lowest BCUT2D eigenvalue weighted by atomic mass is 10.3. The first kappa shape index (κ1) is 15.7. The van der Waals surface area contributed by atoms with Gasteiger partial charge >= 0.3 is 0 Å². The van der Waals surface area contributed by atoms with E-state index in [1.807, 2.05) is 0 Å². The van der Waals surface area contributed by atoms with Crippen LogP contribution in [0.1, 0.15) is 6.92 Å². The first-order valence-electron chi connectivity index (χ1n) is 6.35. The number of hydrogen-bond acceptors (Lipinski definition) is 6. The minimum Gasteiger partial charge on any atom is -0.508 e. The molecule has 0 radical (unpaired) electrons. The Morgan fingerprint density at radius 1 is 1.09 bits per heavy atom. The molecule has 6 nitrogen and oxygen atoms in total. The summed E-state index contributed by atoms with van der Waals surface area (Å²) in [6.07, 6.45) is 0. The molecule has 114 valence electrons. The molecule has 2 aromatic carbocycles. The summed E-state index contributed by atoms with van der Waals surface area (Å²) in [4.78, 5) is 11.6. The van der Waals surface area contributed by atoms with E-state index in [4.69, 9.17) is 0 Å². The van der Waals surface area contributed by atoms with Gasteiger partial charge in [-0.05, 0) is 24.3 Å². The van der Waals surface area contributed by atoms with Crippen LogP contribution in [-0.2, 0) is 14.6 Å². The van der Waals surface area contributed by atoms with Crippen LogP contribution in [0.25, 0.3) is 0 Å². The van der Waals surface area contributed by atoms with Gasteiger partial charge in [-0.25, -0.2) is 8.42 Å². The second-order valence-electron chi connectivity index (χ2n) is 4.45. The van der Waals surface area contributed by atoms with Gasteiger partial charge in [0.1, 0.15) is 5.75 Å². The number of Topliss-reactive ketones (excluding diaryl/α,β-unsaturated/α-hetero) is 1. The Balaban J connectivity index is 2.38. The number of hydrogen-bond donors (Lipinski definition) is 2. The standard InChI is InChI=1S/C15H14N2O4S/c1-11(18)15(17-16-12-6-5-7-13(19)10-12)22(20,21)14-8-3-2-4-9-14/h2-10,16,19H,1H3. The number of sulfone groups is 1. The van der Waals surface area contributed by atoms with Crippen LogP contribution in [0, 0.1) is 0 Å². The summed E-state index contributed by atoms with van der Waals surface area (Å²) in [6.45, 7) is 1.13. The summed E-state index contributed by atoms with van der Waals surface area (Å²) >= 11 is 0. The quantitative estimate of drug-likeness (QED) is 0.512. The minimum absolute atomic E-state index is 0.00417. The van der Waals surface area contributed by atoms with Gasteiger partial charge in [-0.15, -0.1) is 0 Å². The number of ketones is 1. The fraction of sp³-hybridized carbons (Fsp3) is 0.0667. The average Bonchev–Trinajstić information content (AvgIpc) is 2.48. The highest BCUT2D eigenvalue weighted by atomic mass is 32.2. The third kappa shape index (κ3) is 3.50. The van der Waals surface area contributed by atoms with Gasteiger partial charge in [-0.3, -0.25) is 10.2 Å². The van der Waals surface area contributed by atoms with Crippen molar-refractivity contribution in [3.05, 3.63) is 54.6 Å². The maximum atomic E-state index is 12.4. The maximum Gasteiger partial charge on any atom is 0.229 e. The molecule has 0 aliphatic heterocycles. The van der Waals surface area contributed by atoms with E-state index >= 15 is 0 Å². The number of hydrazone groups is 1. The Morgan fingerprint density at radius 2 is 1.77 bits per heavy atom. The Hall–Kier alpha value is -2.67. The van der Waals surface area contributed by atoms with Crippen molar-refractivity contribution in [2.45, 2.75) is 11.8 Å².